The zero-order valence-electron chi connectivity index (χ0n) is 15.5. The van der Waals surface area contributed by atoms with Crippen molar-refractivity contribution in [2.24, 2.45) is 4.99 Å². The van der Waals surface area contributed by atoms with E-state index in [1.54, 1.807) is 24.3 Å². The van der Waals surface area contributed by atoms with E-state index < -0.39 is 15.9 Å². The number of hydrogen-bond acceptors (Lipinski definition) is 6. The Morgan fingerprint density at radius 1 is 1.14 bits per heavy atom. The lowest BCUT2D eigenvalue weighted by atomic mass is 10.2. The molecule has 0 saturated heterocycles. The van der Waals surface area contributed by atoms with E-state index in [1.165, 1.54) is 25.4 Å². The zero-order valence-corrected chi connectivity index (χ0v) is 16.3. The Labute approximate surface area is 164 Å². The Kier molecular flexibility index (Phi) is 6.25. The molecule has 0 spiro atoms. The second kappa shape index (κ2) is 8.83. The van der Waals surface area contributed by atoms with Crippen LogP contribution in [0.5, 0.6) is 5.88 Å². The third kappa shape index (κ3) is 5.07. The van der Waals surface area contributed by atoms with Gasteiger partial charge in [-0.2, -0.15) is 0 Å². The van der Waals surface area contributed by atoms with Gasteiger partial charge in [-0.1, -0.05) is 12.5 Å². The topological polar surface area (TPSA) is 110 Å². The standard InChI is InChI=1S/C19H22N4O4S/c1-27-18-10-9-14(13-21-18)19(24)22-15-6-5-7-16(12-15)28(25,26)23-17-8-3-2-4-11-20-17/h5-7,9-10,12-13H,2-4,8,11H2,1H3,(H,20,23)(H,22,24). The molecule has 3 rings (SSSR count). The lowest BCUT2D eigenvalue weighted by Gasteiger charge is -2.11. The van der Waals surface area contributed by atoms with Gasteiger partial charge in [0.05, 0.1) is 17.6 Å². The summed E-state index contributed by atoms with van der Waals surface area (Å²) in [5.74, 6) is 0.485. The van der Waals surface area contributed by atoms with Crippen LogP contribution < -0.4 is 14.8 Å². The molecule has 1 aliphatic heterocycles. The normalized spacial score (nSPS) is 14.5. The van der Waals surface area contributed by atoms with E-state index in [4.69, 9.17) is 4.74 Å². The van der Waals surface area contributed by atoms with Crippen LogP contribution in [0.15, 0.2) is 52.5 Å². The van der Waals surface area contributed by atoms with Crippen molar-refractivity contribution in [3.63, 3.8) is 0 Å². The molecule has 0 bridgehead atoms. The molecular weight excluding hydrogens is 380 g/mol. The number of nitrogens with one attached hydrogen (secondary N) is 2. The summed E-state index contributed by atoms with van der Waals surface area (Å²) >= 11 is 0. The number of aromatic nitrogens is 1. The van der Waals surface area contributed by atoms with Crippen molar-refractivity contribution >= 4 is 27.5 Å². The molecule has 2 aromatic rings. The first-order valence-corrected chi connectivity index (χ1v) is 10.4. The lowest BCUT2D eigenvalue weighted by Crippen LogP contribution is -2.30. The molecule has 148 valence electrons. The van der Waals surface area contributed by atoms with Crippen LogP contribution in [0.4, 0.5) is 5.69 Å². The number of rotatable bonds is 5. The first-order chi connectivity index (χ1) is 13.5. The smallest absolute Gasteiger partial charge is 0.262 e. The van der Waals surface area contributed by atoms with E-state index in [9.17, 15) is 13.2 Å². The number of aliphatic imine (C=N–C) groups is 1. The molecular formula is C19H22N4O4S. The highest BCUT2D eigenvalue weighted by Gasteiger charge is 2.18. The van der Waals surface area contributed by atoms with Gasteiger partial charge in [0.1, 0.15) is 5.84 Å². The third-order valence-electron chi connectivity index (χ3n) is 4.24. The fourth-order valence-corrected chi connectivity index (χ4v) is 3.89. The van der Waals surface area contributed by atoms with Crippen LogP contribution in [0, 0.1) is 0 Å². The molecule has 8 nitrogen and oxygen atoms in total. The molecule has 1 aromatic heterocycles. The summed E-state index contributed by atoms with van der Waals surface area (Å²) in [6.07, 6.45) is 4.91. The summed E-state index contributed by atoms with van der Waals surface area (Å²) in [6, 6.07) is 9.24. The minimum Gasteiger partial charge on any atom is -0.481 e. The fraction of sp³-hybridized carbons (Fsp3) is 0.316. The molecule has 0 aliphatic carbocycles. The first kappa shape index (κ1) is 19.8. The maximum atomic E-state index is 12.7. The fourth-order valence-electron chi connectivity index (χ4n) is 2.75. The molecule has 28 heavy (non-hydrogen) atoms. The average Bonchev–Trinajstić information content (AvgIpc) is 2.96. The largest absolute Gasteiger partial charge is 0.481 e. The first-order valence-electron chi connectivity index (χ1n) is 8.95. The Balaban J connectivity index is 1.73. The zero-order chi connectivity index (χ0) is 20.0. The summed E-state index contributed by atoms with van der Waals surface area (Å²) < 4.78 is 32.9. The molecule has 2 heterocycles. The van der Waals surface area contributed by atoms with Gasteiger partial charge in [0, 0.05) is 30.9 Å². The number of amides is 1. The summed E-state index contributed by atoms with van der Waals surface area (Å²) in [5, 5.41) is 2.68. The average molecular weight is 402 g/mol. The van der Waals surface area contributed by atoms with E-state index in [0.717, 1.165) is 19.3 Å². The quantitative estimate of drug-likeness (QED) is 0.799. The Morgan fingerprint density at radius 2 is 2.00 bits per heavy atom. The van der Waals surface area contributed by atoms with Crippen molar-refractivity contribution in [1.82, 2.24) is 9.71 Å². The number of ether oxygens (including phenoxy) is 1. The number of anilines is 1. The highest BCUT2D eigenvalue weighted by molar-refractivity contribution is 7.90. The monoisotopic (exact) mass is 402 g/mol. The van der Waals surface area contributed by atoms with Gasteiger partial charge >= 0.3 is 0 Å². The molecule has 9 heteroatoms. The number of sulfonamides is 1. The number of methoxy groups -OCH3 is 1. The Bertz CT molecular complexity index is 972. The van der Waals surface area contributed by atoms with Crippen molar-refractivity contribution in [1.29, 1.82) is 0 Å². The molecule has 0 fully saturated rings. The number of amidine groups is 1. The maximum Gasteiger partial charge on any atom is 0.262 e. The van der Waals surface area contributed by atoms with Gasteiger partial charge in [-0.15, -0.1) is 0 Å². The lowest BCUT2D eigenvalue weighted by molar-refractivity contribution is 0.102. The van der Waals surface area contributed by atoms with Gasteiger partial charge in [-0.3, -0.25) is 14.5 Å². The number of nitrogens with zero attached hydrogens (tertiary/aromatic N) is 2. The van der Waals surface area contributed by atoms with Crippen LogP contribution in [-0.4, -0.2) is 38.8 Å². The third-order valence-corrected chi connectivity index (χ3v) is 5.62. The highest BCUT2D eigenvalue weighted by atomic mass is 32.2. The molecule has 0 unspecified atom stereocenters. The second-order valence-corrected chi connectivity index (χ2v) is 8.00. The molecule has 0 saturated carbocycles. The molecule has 1 aromatic carbocycles. The summed E-state index contributed by atoms with van der Waals surface area (Å²) in [4.78, 5) is 20.7. The molecule has 0 radical (unpaired) electrons. The van der Waals surface area contributed by atoms with E-state index in [0.29, 0.717) is 35.9 Å². The van der Waals surface area contributed by atoms with Gasteiger partial charge in [-0.05, 0) is 37.1 Å². The highest BCUT2D eigenvalue weighted by Crippen LogP contribution is 2.18. The van der Waals surface area contributed by atoms with E-state index in [2.05, 4.69) is 20.0 Å². The van der Waals surface area contributed by atoms with Gasteiger partial charge in [0.25, 0.3) is 15.9 Å². The summed E-state index contributed by atoms with van der Waals surface area (Å²) in [6.45, 7) is 0.629. The van der Waals surface area contributed by atoms with Crippen LogP contribution in [0.1, 0.15) is 36.0 Å². The molecule has 1 amide bonds. The number of carbonyl (C=O) groups excluding carboxylic acids is 1. The predicted molar refractivity (Wildman–Crippen MR) is 106 cm³/mol. The van der Waals surface area contributed by atoms with Crippen molar-refractivity contribution in [2.45, 2.75) is 30.6 Å². The minimum absolute atomic E-state index is 0.0603. The van der Waals surface area contributed by atoms with Crippen LogP contribution in [0.2, 0.25) is 0 Å². The van der Waals surface area contributed by atoms with E-state index in [1.807, 2.05) is 0 Å². The molecule has 0 atom stereocenters. The van der Waals surface area contributed by atoms with Crippen molar-refractivity contribution in [2.75, 3.05) is 19.0 Å². The number of carbonyl (C=O) groups is 1. The number of pyridine rings is 1. The predicted octanol–water partition coefficient (Wildman–Crippen LogP) is 2.59. The Morgan fingerprint density at radius 3 is 2.75 bits per heavy atom. The van der Waals surface area contributed by atoms with Gasteiger partial charge in [-0.25, -0.2) is 13.4 Å². The number of hydrogen-bond donors (Lipinski definition) is 2. The van der Waals surface area contributed by atoms with Crippen LogP contribution in [0.25, 0.3) is 0 Å². The van der Waals surface area contributed by atoms with Crippen molar-refractivity contribution < 1.29 is 17.9 Å². The van der Waals surface area contributed by atoms with Crippen LogP contribution in [-0.2, 0) is 10.0 Å². The summed E-state index contributed by atoms with van der Waals surface area (Å²) in [5.41, 5.74) is 0.700. The van der Waals surface area contributed by atoms with Gasteiger partial charge in [0.2, 0.25) is 5.88 Å². The Hall–Kier alpha value is -2.94. The maximum absolute atomic E-state index is 12.7. The second-order valence-electron chi connectivity index (χ2n) is 6.32. The minimum atomic E-state index is -3.77. The molecule has 1 aliphatic rings. The van der Waals surface area contributed by atoms with Crippen molar-refractivity contribution in [3.8, 4) is 5.88 Å². The van der Waals surface area contributed by atoms with Crippen molar-refractivity contribution in [3.05, 3.63) is 48.2 Å². The van der Waals surface area contributed by atoms with Crippen LogP contribution >= 0.6 is 0 Å². The van der Waals surface area contributed by atoms with E-state index in [-0.39, 0.29) is 4.90 Å². The number of benzene rings is 1. The van der Waals surface area contributed by atoms with Crippen LogP contribution in [0.3, 0.4) is 0 Å². The van der Waals surface area contributed by atoms with Gasteiger partial charge < -0.3 is 10.1 Å². The summed E-state index contributed by atoms with van der Waals surface area (Å²) in [7, 11) is -2.28. The molecule has 2 N–H and O–H groups in total. The van der Waals surface area contributed by atoms with E-state index >= 15 is 0 Å². The van der Waals surface area contributed by atoms with Gasteiger partial charge in [0.15, 0.2) is 0 Å². The SMILES string of the molecule is COc1ccc(C(=O)Nc2cccc(S(=O)(=O)NC3=NCCCCC3)c2)cn1.